The van der Waals surface area contributed by atoms with Crippen LogP contribution >= 0.6 is 15.9 Å². The minimum absolute atomic E-state index is 0.168. The van der Waals surface area contributed by atoms with Gasteiger partial charge in [0.25, 0.3) is 11.8 Å². The summed E-state index contributed by atoms with van der Waals surface area (Å²) in [6.07, 6.45) is 1.65. The predicted octanol–water partition coefficient (Wildman–Crippen LogP) is 4.17. The number of carbonyl (C=O) groups is 2. The van der Waals surface area contributed by atoms with Gasteiger partial charge in [0, 0.05) is 28.5 Å². The molecule has 0 bridgehead atoms. The molecule has 0 fully saturated rings. The summed E-state index contributed by atoms with van der Waals surface area (Å²) in [5.41, 5.74) is 1.69. The number of benzene rings is 2. The largest absolute Gasteiger partial charge is 0.321 e. The monoisotopic (exact) mass is 412 g/mol. The smallest absolute Gasteiger partial charge is 0.278 e. The van der Waals surface area contributed by atoms with Gasteiger partial charge in [-0.1, -0.05) is 34.1 Å². The lowest BCUT2D eigenvalue weighted by molar-refractivity contribution is 0.102. The Morgan fingerprint density at radius 3 is 2.35 bits per heavy atom. The molecule has 2 aromatic carbocycles. The first kappa shape index (κ1) is 17.9. The molecule has 0 aliphatic heterocycles. The zero-order valence-electron chi connectivity index (χ0n) is 14.1. The molecule has 0 unspecified atom stereocenters. The standard InChI is InChI=1S/C19H17BrN4O2/c1-2-24-12-16(22-18(25)13-8-10-14(20)11-9-13)17(23-24)19(26)21-15-6-4-3-5-7-15/h3-12H,2H2,1H3,(H,21,26)(H,22,25). The third-order valence-corrected chi connectivity index (χ3v) is 4.22. The fourth-order valence-electron chi connectivity index (χ4n) is 2.35. The molecule has 132 valence electrons. The van der Waals surface area contributed by atoms with Gasteiger partial charge < -0.3 is 10.6 Å². The van der Waals surface area contributed by atoms with Crippen LogP contribution in [0, 0.1) is 0 Å². The van der Waals surface area contributed by atoms with E-state index in [1.165, 1.54) is 0 Å². The van der Waals surface area contributed by atoms with E-state index in [4.69, 9.17) is 0 Å². The van der Waals surface area contributed by atoms with Crippen molar-refractivity contribution < 1.29 is 9.59 Å². The molecule has 3 aromatic rings. The number of aromatic nitrogens is 2. The molecule has 0 saturated heterocycles. The van der Waals surface area contributed by atoms with E-state index in [-0.39, 0.29) is 17.5 Å². The summed E-state index contributed by atoms with van der Waals surface area (Å²) in [6, 6.07) is 16.1. The van der Waals surface area contributed by atoms with Crippen molar-refractivity contribution in [1.82, 2.24) is 9.78 Å². The van der Waals surface area contributed by atoms with Crippen LogP contribution in [0.25, 0.3) is 0 Å². The lowest BCUT2D eigenvalue weighted by atomic mass is 10.2. The second-order valence-electron chi connectivity index (χ2n) is 5.53. The summed E-state index contributed by atoms with van der Waals surface area (Å²) >= 11 is 3.34. The van der Waals surface area contributed by atoms with Crippen molar-refractivity contribution in [2.45, 2.75) is 13.5 Å². The van der Waals surface area contributed by atoms with Crippen LogP contribution in [0.3, 0.4) is 0 Å². The Morgan fingerprint density at radius 1 is 1.00 bits per heavy atom. The summed E-state index contributed by atoms with van der Waals surface area (Å²) in [4.78, 5) is 25.0. The fourth-order valence-corrected chi connectivity index (χ4v) is 2.61. The third-order valence-electron chi connectivity index (χ3n) is 3.69. The van der Waals surface area contributed by atoms with E-state index < -0.39 is 0 Å². The molecular formula is C19H17BrN4O2. The number of anilines is 2. The van der Waals surface area contributed by atoms with Crippen LogP contribution in [-0.4, -0.2) is 21.6 Å². The first-order chi connectivity index (χ1) is 12.6. The highest BCUT2D eigenvalue weighted by Gasteiger charge is 2.19. The van der Waals surface area contributed by atoms with Gasteiger partial charge in [-0.2, -0.15) is 5.10 Å². The van der Waals surface area contributed by atoms with Crippen LogP contribution in [-0.2, 0) is 6.54 Å². The van der Waals surface area contributed by atoms with Crippen molar-refractivity contribution >= 4 is 39.1 Å². The zero-order valence-corrected chi connectivity index (χ0v) is 15.7. The maximum Gasteiger partial charge on any atom is 0.278 e. The Bertz CT molecular complexity index is 920. The van der Waals surface area contributed by atoms with E-state index in [9.17, 15) is 9.59 Å². The maximum absolute atomic E-state index is 12.6. The molecule has 3 rings (SSSR count). The van der Waals surface area contributed by atoms with Gasteiger partial charge in [-0.15, -0.1) is 0 Å². The molecule has 0 saturated carbocycles. The van der Waals surface area contributed by atoms with E-state index in [1.54, 1.807) is 47.3 Å². The Labute approximate surface area is 159 Å². The molecule has 6 nitrogen and oxygen atoms in total. The third kappa shape index (κ3) is 4.18. The Morgan fingerprint density at radius 2 is 1.69 bits per heavy atom. The number of hydrogen-bond acceptors (Lipinski definition) is 3. The molecule has 2 amide bonds. The molecule has 7 heteroatoms. The Balaban J connectivity index is 1.82. The van der Waals surface area contributed by atoms with Gasteiger partial charge in [0.2, 0.25) is 0 Å². The normalized spacial score (nSPS) is 10.4. The maximum atomic E-state index is 12.6. The molecule has 0 spiro atoms. The molecule has 0 aliphatic rings. The number of nitrogens with zero attached hydrogens (tertiary/aromatic N) is 2. The zero-order chi connectivity index (χ0) is 18.5. The van der Waals surface area contributed by atoms with Crippen molar-refractivity contribution in [2.24, 2.45) is 0 Å². The number of halogens is 1. The summed E-state index contributed by atoms with van der Waals surface area (Å²) in [5.74, 6) is -0.684. The number of aryl methyl sites for hydroxylation is 1. The summed E-state index contributed by atoms with van der Waals surface area (Å²) in [6.45, 7) is 2.49. The van der Waals surface area contributed by atoms with E-state index in [0.717, 1.165) is 4.47 Å². The Hall–Kier alpha value is -2.93. The fraction of sp³-hybridized carbons (Fsp3) is 0.105. The molecule has 0 radical (unpaired) electrons. The number of hydrogen-bond donors (Lipinski definition) is 2. The molecule has 0 atom stereocenters. The SMILES string of the molecule is CCn1cc(NC(=O)c2ccc(Br)cc2)c(C(=O)Nc2ccccc2)n1. The lowest BCUT2D eigenvalue weighted by Crippen LogP contribution is -2.18. The summed E-state index contributed by atoms with van der Waals surface area (Å²) in [7, 11) is 0. The van der Waals surface area contributed by atoms with E-state index in [0.29, 0.717) is 23.5 Å². The second kappa shape index (κ2) is 7.97. The summed E-state index contributed by atoms with van der Waals surface area (Å²) in [5, 5.41) is 9.82. The molecule has 1 heterocycles. The topological polar surface area (TPSA) is 76.0 Å². The van der Waals surface area contributed by atoms with E-state index >= 15 is 0 Å². The summed E-state index contributed by atoms with van der Waals surface area (Å²) < 4.78 is 2.49. The van der Waals surface area contributed by atoms with Gasteiger partial charge in [-0.25, -0.2) is 0 Å². The predicted molar refractivity (Wildman–Crippen MR) is 104 cm³/mol. The van der Waals surface area contributed by atoms with Crippen molar-refractivity contribution in [3.63, 3.8) is 0 Å². The minimum Gasteiger partial charge on any atom is -0.321 e. The molecule has 0 aliphatic carbocycles. The van der Waals surface area contributed by atoms with Crippen LogP contribution in [0.2, 0.25) is 0 Å². The molecule has 26 heavy (non-hydrogen) atoms. The van der Waals surface area contributed by atoms with Crippen LogP contribution in [0.1, 0.15) is 27.8 Å². The first-order valence-electron chi connectivity index (χ1n) is 8.07. The van der Waals surface area contributed by atoms with Crippen molar-refractivity contribution in [2.75, 3.05) is 10.6 Å². The van der Waals surface area contributed by atoms with Gasteiger partial charge in [0.1, 0.15) is 0 Å². The Kier molecular flexibility index (Phi) is 5.48. The number of rotatable bonds is 5. The van der Waals surface area contributed by atoms with E-state index in [2.05, 4.69) is 31.7 Å². The van der Waals surface area contributed by atoms with Crippen LogP contribution < -0.4 is 10.6 Å². The highest BCUT2D eigenvalue weighted by molar-refractivity contribution is 9.10. The van der Waals surface area contributed by atoms with Gasteiger partial charge in [0.05, 0.1) is 5.69 Å². The molecule has 1 aromatic heterocycles. The van der Waals surface area contributed by atoms with Gasteiger partial charge >= 0.3 is 0 Å². The number of carbonyl (C=O) groups excluding carboxylic acids is 2. The van der Waals surface area contributed by atoms with Gasteiger partial charge in [0.15, 0.2) is 5.69 Å². The average Bonchev–Trinajstić information content (AvgIpc) is 3.06. The second-order valence-corrected chi connectivity index (χ2v) is 6.44. The molecule has 2 N–H and O–H groups in total. The number of para-hydroxylation sites is 1. The van der Waals surface area contributed by atoms with Gasteiger partial charge in [-0.3, -0.25) is 14.3 Å². The number of amides is 2. The highest BCUT2D eigenvalue weighted by atomic mass is 79.9. The number of nitrogens with one attached hydrogen (secondary N) is 2. The lowest BCUT2D eigenvalue weighted by Gasteiger charge is -2.06. The molecular weight excluding hydrogens is 396 g/mol. The van der Waals surface area contributed by atoms with E-state index in [1.807, 2.05) is 25.1 Å². The van der Waals surface area contributed by atoms with Crippen molar-refractivity contribution in [3.8, 4) is 0 Å². The highest BCUT2D eigenvalue weighted by Crippen LogP contribution is 2.18. The first-order valence-corrected chi connectivity index (χ1v) is 8.87. The van der Waals surface area contributed by atoms with Crippen LogP contribution in [0.15, 0.2) is 65.3 Å². The van der Waals surface area contributed by atoms with Crippen molar-refractivity contribution in [1.29, 1.82) is 0 Å². The van der Waals surface area contributed by atoms with Crippen molar-refractivity contribution in [3.05, 3.63) is 76.5 Å². The quantitative estimate of drug-likeness (QED) is 0.659. The van der Waals surface area contributed by atoms with Crippen LogP contribution in [0.4, 0.5) is 11.4 Å². The average molecular weight is 413 g/mol. The van der Waals surface area contributed by atoms with Crippen LogP contribution in [0.5, 0.6) is 0 Å². The minimum atomic E-state index is -0.380. The van der Waals surface area contributed by atoms with Gasteiger partial charge in [-0.05, 0) is 43.3 Å².